The van der Waals surface area contributed by atoms with Crippen LogP contribution < -0.4 is 14.8 Å². The number of carbonyl (C=O) groups is 2. The summed E-state index contributed by atoms with van der Waals surface area (Å²) in [6.07, 6.45) is -0.283. The van der Waals surface area contributed by atoms with Crippen LogP contribution in [-0.2, 0) is 9.59 Å². The lowest BCUT2D eigenvalue weighted by atomic mass is 10.0. The summed E-state index contributed by atoms with van der Waals surface area (Å²) in [5.74, 6) is -0.665. The largest absolute Gasteiger partial charge is 0.493 e. The van der Waals surface area contributed by atoms with Crippen LogP contribution in [0, 0.1) is 0 Å². The number of nitrogens with one attached hydrogen (secondary N) is 1. The number of hydrogen-bond acceptors (Lipinski definition) is 4. The Hall–Kier alpha value is -1.95. The van der Waals surface area contributed by atoms with Gasteiger partial charge in [0.2, 0.25) is 5.91 Å². The quantitative estimate of drug-likeness (QED) is 0.839. The number of aliphatic carboxylic acids is 1. The molecule has 1 amide bonds. The summed E-state index contributed by atoms with van der Waals surface area (Å²) in [6.45, 7) is 1.31. The molecule has 0 spiro atoms. The zero-order chi connectivity index (χ0) is 15.3. The minimum atomic E-state index is -1.05. The fourth-order valence-corrected chi connectivity index (χ4v) is 2.20. The second kappa shape index (κ2) is 7.00. The number of amides is 1. The molecule has 1 aromatic carbocycles. The van der Waals surface area contributed by atoms with Crippen molar-refractivity contribution in [1.29, 1.82) is 0 Å². The van der Waals surface area contributed by atoms with Gasteiger partial charge < -0.3 is 19.9 Å². The normalized spacial score (nSPS) is 11.6. The second-order valence-corrected chi connectivity index (χ2v) is 4.43. The van der Waals surface area contributed by atoms with Gasteiger partial charge in [0.05, 0.1) is 31.7 Å². The molecule has 1 aromatic rings. The number of rotatable bonds is 6. The predicted molar refractivity (Wildman–Crippen MR) is 73.4 cm³/mol. The minimum Gasteiger partial charge on any atom is -0.493 e. The molecule has 2 N–H and O–H groups in total. The van der Waals surface area contributed by atoms with Gasteiger partial charge in [0.25, 0.3) is 0 Å². The molecule has 0 aliphatic rings. The van der Waals surface area contributed by atoms with E-state index in [4.69, 9.17) is 26.2 Å². The Labute approximate surface area is 121 Å². The van der Waals surface area contributed by atoms with E-state index in [0.29, 0.717) is 17.1 Å². The van der Waals surface area contributed by atoms with Crippen molar-refractivity contribution in [3.05, 3.63) is 22.7 Å². The van der Waals surface area contributed by atoms with Gasteiger partial charge in [-0.2, -0.15) is 0 Å². The van der Waals surface area contributed by atoms with Gasteiger partial charge in [-0.05, 0) is 11.6 Å². The third kappa shape index (κ3) is 3.77. The van der Waals surface area contributed by atoms with Crippen LogP contribution in [0.5, 0.6) is 11.5 Å². The molecule has 0 aliphatic carbocycles. The lowest BCUT2D eigenvalue weighted by molar-refractivity contribution is -0.137. The first-order valence-corrected chi connectivity index (χ1v) is 6.17. The third-order valence-electron chi connectivity index (χ3n) is 2.65. The molecule has 0 bridgehead atoms. The molecule has 1 rings (SSSR count). The molecule has 0 aromatic heterocycles. The highest BCUT2D eigenvalue weighted by molar-refractivity contribution is 6.33. The first-order valence-electron chi connectivity index (χ1n) is 5.80. The van der Waals surface area contributed by atoms with E-state index in [1.54, 1.807) is 12.1 Å². The molecule has 20 heavy (non-hydrogen) atoms. The van der Waals surface area contributed by atoms with E-state index in [0.717, 1.165) is 0 Å². The van der Waals surface area contributed by atoms with E-state index in [9.17, 15) is 9.59 Å². The van der Waals surface area contributed by atoms with Gasteiger partial charge in [-0.3, -0.25) is 9.59 Å². The van der Waals surface area contributed by atoms with Gasteiger partial charge in [-0.25, -0.2) is 0 Å². The van der Waals surface area contributed by atoms with Crippen LogP contribution in [0.25, 0.3) is 0 Å². The van der Waals surface area contributed by atoms with Gasteiger partial charge in [0.15, 0.2) is 11.5 Å². The molecular weight excluding hydrogens is 286 g/mol. The maximum absolute atomic E-state index is 11.2. The number of hydrogen-bond donors (Lipinski definition) is 2. The van der Waals surface area contributed by atoms with Crippen molar-refractivity contribution in [2.45, 2.75) is 19.4 Å². The van der Waals surface area contributed by atoms with Gasteiger partial charge >= 0.3 is 5.97 Å². The number of methoxy groups -OCH3 is 2. The van der Waals surface area contributed by atoms with Crippen LogP contribution >= 0.6 is 11.6 Å². The van der Waals surface area contributed by atoms with Crippen LogP contribution in [0.3, 0.4) is 0 Å². The molecule has 0 heterocycles. The molecule has 0 fully saturated rings. The Balaban J connectivity index is 3.25. The second-order valence-electron chi connectivity index (χ2n) is 4.06. The minimum absolute atomic E-state index is 0.215. The molecular formula is C13H16ClNO5. The number of carbonyl (C=O) groups excluding carboxylic acids is 1. The predicted octanol–water partition coefficient (Wildman–Crippen LogP) is 2.01. The van der Waals surface area contributed by atoms with Crippen LogP contribution in [0.1, 0.15) is 24.9 Å². The lowest BCUT2D eigenvalue weighted by Crippen LogP contribution is -2.28. The van der Waals surface area contributed by atoms with Crippen LogP contribution in [0.2, 0.25) is 5.02 Å². The maximum Gasteiger partial charge on any atom is 0.305 e. The highest BCUT2D eigenvalue weighted by Crippen LogP contribution is 2.40. The average Bonchev–Trinajstić information content (AvgIpc) is 2.36. The third-order valence-corrected chi connectivity index (χ3v) is 3.04. The number of halogens is 1. The summed E-state index contributed by atoms with van der Waals surface area (Å²) in [7, 11) is 2.90. The number of benzene rings is 1. The average molecular weight is 302 g/mol. The molecule has 1 unspecified atom stereocenters. The van der Waals surface area contributed by atoms with Gasteiger partial charge in [-0.1, -0.05) is 17.7 Å². The zero-order valence-electron chi connectivity index (χ0n) is 11.4. The monoisotopic (exact) mass is 301 g/mol. The van der Waals surface area contributed by atoms with Crippen LogP contribution in [0.15, 0.2) is 12.1 Å². The summed E-state index contributed by atoms with van der Waals surface area (Å²) in [5.41, 5.74) is 0.460. The van der Waals surface area contributed by atoms with Crippen molar-refractivity contribution in [3.63, 3.8) is 0 Å². The topological polar surface area (TPSA) is 84.9 Å². The van der Waals surface area contributed by atoms with Crippen molar-refractivity contribution in [1.82, 2.24) is 5.32 Å². The van der Waals surface area contributed by atoms with E-state index in [-0.39, 0.29) is 17.4 Å². The molecule has 7 heteroatoms. The fourth-order valence-electron chi connectivity index (χ4n) is 1.83. The molecule has 1 atom stereocenters. The Morgan fingerprint density at radius 2 is 2.00 bits per heavy atom. The van der Waals surface area contributed by atoms with Gasteiger partial charge in [0, 0.05) is 6.92 Å². The molecule has 110 valence electrons. The zero-order valence-corrected chi connectivity index (χ0v) is 12.2. The highest BCUT2D eigenvalue weighted by Gasteiger charge is 2.23. The number of carboxylic acids is 1. The molecule has 0 aliphatic heterocycles. The standard InChI is InChI=1S/C13H16ClNO5/c1-7(16)15-9(6-11(17)18)8-4-5-10(19-2)13(20-3)12(8)14/h4-5,9H,6H2,1-3H3,(H,15,16)(H,17,18). The van der Waals surface area contributed by atoms with Crippen molar-refractivity contribution >= 4 is 23.5 Å². The van der Waals surface area contributed by atoms with Crippen molar-refractivity contribution in [2.75, 3.05) is 14.2 Å². The highest BCUT2D eigenvalue weighted by atomic mass is 35.5. The van der Waals surface area contributed by atoms with E-state index < -0.39 is 12.0 Å². The Kier molecular flexibility index (Phi) is 5.64. The van der Waals surface area contributed by atoms with Crippen LogP contribution in [0.4, 0.5) is 0 Å². The molecule has 6 nitrogen and oxygen atoms in total. The molecule has 0 saturated carbocycles. The number of carboxylic acid groups (broad SMARTS) is 1. The summed E-state index contributed by atoms with van der Waals surface area (Å²) in [5, 5.41) is 11.7. The van der Waals surface area contributed by atoms with Crippen molar-refractivity contribution in [2.24, 2.45) is 0 Å². The first kappa shape index (κ1) is 16.1. The van der Waals surface area contributed by atoms with E-state index in [2.05, 4.69) is 5.32 Å². The van der Waals surface area contributed by atoms with Gasteiger partial charge in [-0.15, -0.1) is 0 Å². The van der Waals surface area contributed by atoms with Crippen LogP contribution in [-0.4, -0.2) is 31.2 Å². The summed E-state index contributed by atoms with van der Waals surface area (Å²) >= 11 is 6.21. The van der Waals surface area contributed by atoms with Crippen molar-refractivity contribution in [3.8, 4) is 11.5 Å². The lowest BCUT2D eigenvalue weighted by Gasteiger charge is -2.20. The maximum atomic E-state index is 11.2. The Bertz CT molecular complexity index is 502. The summed E-state index contributed by atoms with van der Waals surface area (Å²) < 4.78 is 10.3. The molecule has 0 radical (unpaired) electrons. The van der Waals surface area contributed by atoms with Gasteiger partial charge in [0.1, 0.15) is 0 Å². The molecule has 0 saturated heterocycles. The SMILES string of the molecule is COc1ccc(C(CC(=O)O)NC(C)=O)c(Cl)c1OC. The first-order chi connectivity index (χ1) is 9.40. The summed E-state index contributed by atoms with van der Waals surface area (Å²) in [6, 6.07) is 2.47. The fraction of sp³-hybridized carbons (Fsp3) is 0.385. The Morgan fingerprint density at radius 3 is 2.45 bits per heavy atom. The van der Waals surface area contributed by atoms with E-state index in [1.807, 2.05) is 0 Å². The Morgan fingerprint density at radius 1 is 1.35 bits per heavy atom. The summed E-state index contributed by atoms with van der Waals surface area (Å²) in [4.78, 5) is 22.1. The number of ether oxygens (including phenoxy) is 2. The van der Waals surface area contributed by atoms with Crippen molar-refractivity contribution < 1.29 is 24.2 Å². The van der Waals surface area contributed by atoms with E-state index in [1.165, 1.54) is 21.1 Å². The smallest absolute Gasteiger partial charge is 0.305 e. The van der Waals surface area contributed by atoms with E-state index >= 15 is 0 Å².